The Morgan fingerprint density at radius 1 is 0.727 bits per heavy atom. The van der Waals surface area contributed by atoms with Crippen molar-refractivity contribution < 1.29 is 5.48 Å². The number of fused-ring (bicyclic) bond motifs is 1. The molecule has 0 aliphatic carbocycles. The van der Waals surface area contributed by atoms with Crippen molar-refractivity contribution in [1.29, 1.82) is 0 Å². The Kier molecular flexibility index (Phi) is 6.24. The molecule has 5 rings (SSSR count). The van der Waals surface area contributed by atoms with Crippen LogP contribution in [0.2, 0.25) is 0 Å². The second kappa shape index (κ2) is 9.42. The summed E-state index contributed by atoms with van der Waals surface area (Å²) < 4.78 is 1.49. The minimum absolute atomic E-state index is 0. The molecule has 162 valence electrons. The molecule has 0 atom stereocenters. The molecule has 0 saturated heterocycles. The van der Waals surface area contributed by atoms with Crippen LogP contribution in [0.15, 0.2) is 113 Å². The maximum absolute atomic E-state index is 13.3. The molecule has 1 heterocycles. The van der Waals surface area contributed by atoms with E-state index in [0.717, 1.165) is 39.0 Å². The van der Waals surface area contributed by atoms with E-state index < -0.39 is 0 Å². The smallest absolute Gasteiger partial charge is 0.279 e. The second-order valence-electron chi connectivity index (χ2n) is 7.54. The molecule has 1 aromatic heterocycles. The van der Waals surface area contributed by atoms with Crippen LogP contribution in [0.1, 0.15) is 5.56 Å². The minimum Gasteiger partial charge on any atom is -0.412 e. The van der Waals surface area contributed by atoms with Gasteiger partial charge < -0.3 is 5.48 Å². The summed E-state index contributed by atoms with van der Waals surface area (Å²) in [6.45, 7) is 0. The van der Waals surface area contributed by atoms with Crippen molar-refractivity contribution in [3.05, 3.63) is 119 Å². The van der Waals surface area contributed by atoms with E-state index in [1.54, 1.807) is 7.05 Å². The minimum atomic E-state index is -0.136. The quantitative estimate of drug-likeness (QED) is 0.376. The van der Waals surface area contributed by atoms with Crippen LogP contribution in [-0.4, -0.2) is 28.5 Å². The van der Waals surface area contributed by atoms with Crippen molar-refractivity contribution in [1.82, 2.24) is 9.78 Å². The summed E-state index contributed by atoms with van der Waals surface area (Å²) in [5.41, 5.74) is 5.51. The summed E-state index contributed by atoms with van der Waals surface area (Å²) in [6, 6.07) is 33.7. The van der Waals surface area contributed by atoms with Crippen LogP contribution in [0.3, 0.4) is 0 Å². The van der Waals surface area contributed by atoms with E-state index in [9.17, 15) is 4.79 Å². The first-order chi connectivity index (χ1) is 15.7. The fraction of sp³-hybridized carbons (Fsp3) is 0.0357. The van der Waals surface area contributed by atoms with E-state index in [2.05, 4.69) is 17.1 Å². The number of aliphatic imine (C=N–C) groups is 1. The van der Waals surface area contributed by atoms with Crippen LogP contribution in [-0.2, 0) is 0 Å². The lowest BCUT2D eigenvalue weighted by molar-refractivity contribution is 0.824. The predicted octanol–water partition coefficient (Wildman–Crippen LogP) is 4.94. The van der Waals surface area contributed by atoms with Crippen molar-refractivity contribution in [2.45, 2.75) is 0 Å². The average Bonchev–Trinajstić information content (AvgIpc) is 2.86. The Hall–Kier alpha value is -4.35. The summed E-state index contributed by atoms with van der Waals surface area (Å²) in [6.07, 6.45) is 1.81. The topological polar surface area (TPSA) is 78.8 Å². The molecule has 2 N–H and O–H groups in total. The number of nitrogens with zero attached hydrogens (tertiary/aromatic N) is 3. The molecule has 33 heavy (non-hydrogen) atoms. The molecule has 0 aliphatic rings. The van der Waals surface area contributed by atoms with Gasteiger partial charge >= 0.3 is 0 Å². The van der Waals surface area contributed by atoms with E-state index in [1.807, 2.05) is 97.2 Å². The van der Waals surface area contributed by atoms with Crippen molar-refractivity contribution in [3.63, 3.8) is 0 Å². The van der Waals surface area contributed by atoms with Crippen molar-refractivity contribution in [3.8, 4) is 28.1 Å². The van der Waals surface area contributed by atoms with Gasteiger partial charge in [-0.05, 0) is 41.0 Å². The highest BCUT2D eigenvalue weighted by Crippen LogP contribution is 2.26. The lowest BCUT2D eigenvalue weighted by Gasteiger charge is -2.12. The lowest BCUT2D eigenvalue weighted by Crippen LogP contribution is -2.22. The first kappa shape index (κ1) is 21.9. The summed E-state index contributed by atoms with van der Waals surface area (Å²) in [5, 5.41) is 6.28. The molecule has 0 radical (unpaired) electrons. The van der Waals surface area contributed by atoms with Gasteiger partial charge in [0.1, 0.15) is 0 Å². The number of aromatic nitrogens is 2. The number of hydrogen-bond donors (Lipinski definition) is 0. The van der Waals surface area contributed by atoms with Gasteiger partial charge in [-0.3, -0.25) is 9.79 Å². The molecular weight excluding hydrogens is 410 g/mol. The molecular formula is C28H23N3O2. The fourth-order valence-corrected chi connectivity index (χ4v) is 3.92. The highest BCUT2D eigenvalue weighted by Gasteiger charge is 2.13. The molecule has 0 saturated carbocycles. The average molecular weight is 434 g/mol. The van der Waals surface area contributed by atoms with Crippen LogP contribution in [0, 0.1) is 0 Å². The molecule has 5 nitrogen and oxygen atoms in total. The van der Waals surface area contributed by atoms with Crippen LogP contribution in [0.5, 0.6) is 0 Å². The van der Waals surface area contributed by atoms with Gasteiger partial charge in [-0.15, -0.1) is 0 Å². The Balaban J connectivity index is 0.00000259. The summed E-state index contributed by atoms with van der Waals surface area (Å²) in [5.74, 6) is 0. The highest BCUT2D eigenvalue weighted by atomic mass is 16.1. The summed E-state index contributed by atoms with van der Waals surface area (Å²) in [7, 11) is 1.75. The third-order valence-electron chi connectivity index (χ3n) is 5.46. The first-order valence-corrected chi connectivity index (χ1v) is 10.4. The first-order valence-electron chi connectivity index (χ1n) is 10.4. The Bertz CT molecular complexity index is 1490. The lowest BCUT2D eigenvalue weighted by atomic mass is 10.0. The standard InChI is InChI=1S/C28H21N3O.H2O/c1-29-19-20-8-7-11-23(18-20)27-25-12-5-6-13-26(25)28(32)31(30-27)24-16-14-22(15-17-24)21-9-3-2-4-10-21;/h2-19H,1H3;1H2. The van der Waals surface area contributed by atoms with Gasteiger partial charge in [0, 0.05) is 24.2 Å². The zero-order chi connectivity index (χ0) is 21.9. The highest BCUT2D eigenvalue weighted by molar-refractivity contribution is 5.95. The molecule has 5 aromatic rings. The number of hydrogen-bond acceptors (Lipinski definition) is 3. The maximum atomic E-state index is 13.3. The molecule has 0 aliphatic heterocycles. The van der Waals surface area contributed by atoms with Gasteiger partial charge in [0.05, 0.1) is 16.8 Å². The Labute approximate surface area is 191 Å². The van der Waals surface area contributed by atoms with Gasteiger partial charge in [-0.25, -0.2) is 0 Å². The molecule has 0 spiro atoms. The van der Waals surface area contributed by atoms with Crippen LogP contribution in [0.4, 0.5) is 0 Å². The van der Waals surface area contributed by atoms with Crippen molar-refractivity contribution in [2.75, 3.05) is 7.05 Å². The third kappa shape index (κ3) is 4.22. The fourth-order valence-electron chi connectivity index (χ4n) is 3.92. The van der Waals surface area contributed by atoms with Crippen LogP contribution in [0.25, 0.3) is 38.8 Å². The molecule has 0 bridgehead atoms. The predicted molar refractivity (Wildman–Crippen MR) is 135 cm³/mol. The summed E-state index contributed by atoms with van der Waals surface area (Å²) >= 11 is 0. The van der Waals surface area contributed by atoms with Crippen molar-refractivity contribution >= 4 is 17.0 Å². The van der Waals surface area contributed by atoms with Crippen molar-refractivity contribution in [2.24, 2.45) is 4.99 Å². The Morgan fingerprint density at radius 3 is 2.09 bits per heavy atom. The third-order valence-corrected chi connectivity index (χ3v) is 5.46. The molecule has 5 heteroatoms. The molecule has 0 amide bonds. The maximum Gasteiger partial charge on any atom is 0.279 e. The van der Waals surface area contributed by atoms with Gasteiger partial charge in [0.2, 0.25) is 0 Å². The number of rotatable bonds is 4. The van der Waals surface area contributed by atoms with E-state index >= 15 is 0 Å². The molecule has 0 unspecified atom stereocenters. The van der Waals surface area contributed by atoms with E-state index in [-0.39, 0.29) is 11.0 Å². The normalized spacial score (nSPS) is 10.9. The Morgan fingerprint density at radius 2 is 1.36 bits per heavy atom. The van der Waals surface area contributed by atoms with Gasteiger partial charge in [0.15, 0.2) is 0 Å². The second-order valence-corrected chi connectivity index (χ2v) is 7.54. The largest absolute Gasteiger partial charge is 0.412 e. The van der Waals surface area contributed by atoms with E-state index in [1.165, 1.54) is 4.68 Å². The van der Waals surface area contributed by atoms with E-state index in [0.29, 0.717) is 5.39 Å². The van der Waals surface area contributed by atoms with Crippen LogP contribution >= 0.6 is 0 Å². The molecule has 4 aromatic carbocycles. The zero-order valence-electron chi connectivity index (χ0n) is 18.1. The number of benzene rings is 4. The SMILES string of the molecule is CN=Cc1cccc(-c2nn(-c3ccc(-c4ccccc4)cc3)c(=O)c3ccccc23)c1.O. The molecule has 0 fully saturated rings. The van der Waals surface area contributed by atoms with Gasteiger partial charge in [-0.2, -0.15) is 9.78 Å². The zero-order valence-corrected chi connectivity index (χ0v) is 18.1. The van der Waals surface area contributed by atoms with E-state index in [4.69, 9.17) is 5.10 Å². The van der Waals surface area contributed by atoms with Gasteiger partial charge in [-0.1, -0.05) is 78.9 Å². The van der Waals surface area contributed by atoms with Crippen LogP contribution < -0.4 is 5.56 Å². The van der Waals surface area contributed by atoms with Gasteiger partial charge in [0.25, 0.3) is 5.56 Å². The summed E-state index contributed by atoms with van der Waals surface area (Å²) in [4.78, 5) is 17.4. The monoisotopic (exact) mass is 433 g/mol.